The first kappa shape index (κ1) is 16.4. The highest BCUT2D eigenvalue weighted by molar-refractivity contribution is 7.84. The van der Waals surface area contributed by atoms with Gasteiger partial charge >= 0.3 is 0 Å². The second kappa shape index (κ2) is 7.44. The van der Waals surface area contributed by atoms with E-state index in [1.54, 1.807) is 19.4 Å². The molecule has 1 unspecified atom stereocenters. The van der Waals surface area contributed by atoms with Crippen molar-refractivity contribution >= 4 is 21.8 Å². The molecule has 0 aliphatic carbocycles. The predicted octanol–water partition coefficient (Wildman–Crippen LogP) is 3.06. The van der Waals surface area contributed by atoms with Crippen molar-refractivity contribution in [3.63, 3.8) is 0 Å². The van der Waals surface area contributed by atoms with Crippen molar-refractivity contribution in [2.24, 2.45) is 0 Å². The summed E-state index contributed by atoms with van der Waals surface area (Å²) < 4.78 is 23.7. The topological polar surface area (TPSA) is 77.1 Å². The predicted molar refractivity (Wildman–Crippen MR) is 92.8 cm³/mol. The van der Waals surface area contributed by atoms with Crippen molar-refractivity contribution in [3.8, 4) is 11.5 Å². The smallest absolute Gasteiger partial charge is 0.197 e. The maximum atomic E-state index is 12.7. The average Bonchev–Trinajstić information content (AvgIpc) is 3.04. The molecule has 2 aromatic heterocycles. The average molecular weight is 345 g/mol. The molecule has 1 aromatic carbocycles. The fraction of sp³-hybridized carbons (Fsp3) is 0.294. The van der Waals surface area contributed by atoms with Gasteiger partial charge in [0.15, 0.2) is 16.7 Å². The Kier molecular flexibility index (Phi) is 5.10. The zero-order chi connectivity index (χ0) is 16.9. The third-order valence-corrected chi connectivity index (χ3v) is 4.62. The van der Waals surface area contributed by atoms with Crippen LogP contribution in [0, 0.1) is 0 Å². The number of pyridine rings is 1. The quantitative estimate of drug-likeness (QED) is 0.712. The lowest BCUT2D eigenvalue weighted by molar-refractivity contribution is 0.292. The summed E-state index contributed by atoms with van der Waals surface area (Å²) in [7, 11) is 0.201. The van der Waals surface area contributed by atoms with Crippen molar-refractivity contribution in [1.82, 2.24) is 15.0 Å². The monoisotopic (exact) mass is 345 g/mol. The van der Waals surface area contributed by atoms with Gasteiger partial charge in [-0.1, -0.05) is 19.1 Å². The van der Waals surface area contributed by atoms with Crippen molar-refractivity contribution in [2.45, 2.75) is 24.3 Å². The number of nitrogens with one attached hydrogen (secondary N) is 1. The standard InChI is InChI=1S/C17H19N3O3S/c1-3-10-23-15-8-9-18-14(16(15)22-2)11-24(21)17-19-12-6-4-5-7-13(12)20-17/h4-9H,3,10-11H2,1-2H3,(H,19,20). The molecule has 1 N–H and O–H groups in total. The van der Waals surface area contributed by atoms with Crippen LogP contribution < -0.4 is 9.47 Å². The molecule has 0 bridgehead atoms. The van der Waals surface area contributed by atoms with E-state index in [-0.39, 0.29) is 5.75 Å². The first-order valence-corrected chi connectivity index (χ1v) is 9.02. The van der Waals surface area contributed by atoms with E-state index in [4.69, 9.17) is 9.47 Å². The molecule has 126 valence electrons. The van der Waals surface area contributed by atoms with Crippen LogP contribution in [0.3, 0.4) is 0 Å². The van der Waals surface area contributed by atoms with E-state index >= 15 is 0 Å². The maximum absolute atomic E-state index is 12.7. The Morgan fingerprint density at radius 1 is 1.25 bits per heavy atom. The van der Waals surface area contributed by atoms with Crippen molar-refractivity contribution in [1.29, 1.82) is 0 Å². The highest BCUT2D eigenvalue weighted by Crippen LogP contribution is 2.31. The largest absolute Gasteiger partial charge is 0.491 e. The van der Waals surface area contributed by atoms with Crippen LogP contribution >= 0.6 is 0 Å². The van der Waals surface area contributed by atoms with Gasteiger partial charge in [0.1, 0.15) is 0 Å². The summed E-state index contributed by atoms with van der Waals surface area (Å²) in [5.74, 6) is 1.34. The highest BCUT2D eigenvalue weighted by Gasteiger charge is 2.17. The molecule has 0 spiro atoms. The summed E-state index contributed by atoms with van der Waals surface area (Å²) in [4.78, 5) is 11.8. The van der Waals surface area contributed by atoms with Gasteiger partial charge in [-0.25, -0.2) is 4.98 Å². The van der Waals surface area contributed by atoms with Crippen molar-refractivity contribution in [3.05, 3.63) is 42.2 Å². The fourth-order valence-electron chi connectivity index (χ4n) is 2.35. The van der Waals surface area contributed by atoms with Crippen LogP contribution in [0.15, 0.2) is 41.7 Å². The SMILES string of the molecule is CCCOc1ccnc(CS(=O)c2nc3ccccc3[nH]2)c1OC. The Morgan fingerprint density at radius 2 is 2.08 bits per heavy atom. The number of benzene rings is 1. The molecule has 0 saturated heterocycles. The Labute approximate surface area is 142 Å². The van der Waals surface area contributed by atoms with Crippen LogP contribution in [0.1, 0.15) is 19.0 Å². The van der Waals surface area contributed by atoms with Gasteiger partial charge < -0.3 is 14.5 Å². The molecular formula is C17H19N3O3S. The summed E-state index contributed by atoms with van der Waals surface area (Å²) in [5.41, 5.74) is 2.24. The number of imidazole rings is 1. The molecule has 0 amide bonds. The number of hydrogen-bond acceptors (Lipinski definition) is 5. The molecule has 0 radical (unpaired) electrons. The van der Waals surface area contributed by atoms with E-state index in [9.17, 15) is 4.21 Å². The number of aromatic nitrogens is 3. The number of aromatic amines is 1. The number of hydrogen-bond donors (Lipinski definition) is 1. The van der Waals surface area contributed by atoms with Gasteiger partial charge in [-0.3, -0.25) is 9.19 Å². The second-order valence-corrected chi connectivity index (χ2v) is 6.55. The van der Waals surface area contributed by atoms with Crippen LogP contribution in [0.5, 0.6) is 11.5 Å². The zero-order valence-corrected chi connectivity index (χ0v) is 14.4. The number of rotatable bonds is 7. The van der Waals surface area contributed by atoms with E-state index in [1.807, 2.05) is 31.2 Å². The molecule has 24 heavy (non-hydrogen) atoms. The minimum Gasteiger partial charge on any atom is -0.491 e. The summed E-state index contributed by atoms with van der Waals surface area (Å²) in [6.45, 7) is 2.62. The normalized spacial score (nSPS) is 12.2. The molecule has 0 saturated carbocycles. The number of fused-ring (bicyclic) bond motifs is 1. The third-order valence-electron chi connectivity index (χ3n) is 3.46. The minimum atomic E-state index is -1.36. The Hall–Kier alpha value is -2.41. The Balaban J connectivity index is 1.85. The Morgan fingerprint density at radius 3 is 2.83 bits per heavy atom. The number of para-hydroxylation sites is 2. The molecule has 0 aliphatic heterocycles. The lowest BCUT2D eigenvalue weighted by atomic mass is 10.3. The van der Waals surface area contributed by atoms with E-state index in [2.05, 4.69) is 15.0 Å². The van der Waals surface area contributed by atoms with Crippen LogP contribution in [0.25, 0.3) is 11.0 Å². The summed E-state index contributed by atoms with van der Waals surface area (Å²) >= 11 is 0. The van der Waals surface area contributed by atoms with Crippen LogP contribution in [-0.2, 0) is 16.6 Å². The Bertz CT molecular complexity index is 830. The van der Waals surface area contributed by atoms with Gasteiger partial charge in [0.05, 0.1) is 47.0 Å². The maximum Gasteiger partial charge on any atom is 0.197 e. The zero-order valence-electron chi connectivity index (χ0n) is 13.6. The fourth-order valence-corrected chi connectivity index (χ4v) is 3.36. The van der Waals surface area contributed by atoms with E-state index in [0.29, 0.717) is 29.0 Å². The molecule has 1 atom stereocenters. The van der Waals surface area contributed by atoms with E-state index in [0.717, 1.165) is 17.5 Å². The number of ether oxygens (including phenoxy) is 2. The highest BCUT2D eigenvalue weighted by atomic mass is 32.2. The van der Waals surface area contributed by atoms with Gasteiger partial charge in [0, 0.05) is 12.3 Å². The van der Waals surface area contributed by atoms with Gasteiger partial charge in [-0.15, -0.1) is 0 Å². The molecule has 3 aromatic rings. The van der Waals surface area contributed by atoms with Gasteiger partial charge in [0.25, 0.3) is 0 Å². The van der Waals surface area contributed by atoms with Crippen LogP contribution in [0.2, 0.25) is 0 Å². The third kappa shape index (κ3) is 3.41. The van der Waals surface area contributed by atoms with Crippen LogP contribution in [-0.4, -0.2) is 32.9 Å². The molecule has 6 nitrogen and oxygen atoms in total. The van der Waals surface area contributed by atoms with Crippen molar-refractivity contribution in [2.75, 3.05) is 13.7 Å². The lowest BCUT2D eigenvalue weighted by Gasteiger charge is -2.12. The van der Waals surface area contributed by atoms with Gasteiger partial charge in [0.2, 0.25) is 0 Å². The summed E-state index contributed by atoms with van der Waals surface area (Å²) in [6, 6.07) is 9.34. The summed E-state index contributed by atoms with van der Waals surface area (Å²) in [6.07, 6.45) is 2.53. The number of methoxy groups -OCH3 is 1. The number of nitrogens with zero attached hydrogens (tertiary/aromatic N) is 2. The number of H-pyrrole nitrogens is 1. The first-order valence-electron chi connectivity index (χ1n) is 7.70. The second-order valence-electron chi connectivity index (χ2n) is 5.19. The first-order chi connectivity index (χ1) is 11.7. The molecule has 3 rings (SSSR count). The van der Waals surface area contributed by atoms with E-state index in [1.165, 1.54) is 0 Å². The van der Waals surface area contributed by atoms with Gasteiger partial charge in [-0.05, 0) is 18.6 Å². The minimum absolute atomic E-state index is 0.201. The van der Waals surface area contributed by atoms with E-state index < -0.39 is 10.8 Å². The van der Waals surface area contributed by atoms with Gasteiger partial charge in [-0.2, -0.15) is 0 Å². The van der Waals surface area contributed by atoms with Crippen molar-refractivity contribution < 1.29 is 13.7 Å². The molecule has 2 heterocycles. The molecular weight excluding hydrogens is 326 g/mol. The molecule has 0 aliphatic rings. The lowest BCUT2D eigenvalue weighted by Crippen LogP contribution is -2.05. The van der Waals surface area contributed by atoms with Crippen LogP contribution in [0.4, 0.5) is 0 Å². The molecule has 7 heteroatoms. The molecule has 0 fully saturated rings. The summed E-state index contributed by atoms with van der Waals surface area (Å²) in [5, 5.41) is 0.430.